The van der Waals surface area contributed by atoms with Gasteiger partial charge in [0.15, 0.2) is 0 Å². The molecule has 1 nitrogen and oxygen atoms in total. The minimum atomic E-state index is 1.10. The van der Waals surface area contributed by atoms with Crippen LogP contribution >= 0.6 is 11.3 Å². The molecular formula is C56H37NS. The quantitative estimate of drug-likeness (QED) is 0.146. The normalized spacial score (nSPS) is 11.4. The maximum absolute atomic E-state index is 2.42. The summed E-state index contributed by atoms with van der Waals surface area (Å²) < 4.78 is 2.65. The Hall–Kier alpha value is -7.26. The van der Waals surface area contributed by atoms with E-state index in [-0.39, 0.29) is 0 Å². The number of hydrogen-bond donors (Lipinski definition) is 0. The Balaban J connectivity index is 1.07. The van der Waals surface area contributed by atoms with E-state index in [1.54, 1.807) is 0 Å². The minimum Gasteiger partial charge on any atom is -0.310 e. The number of thiophene rings is 1. The number of fused-ring (bicyclic) bond motifs is 6. The maximum atomic E-state index is 2.42. The smallest absolute Gasteiger partial charge is 0.0540 e. The molecule has 0 bridgehead atoms. The Morgan fingerprint density at radius 1 is 0.293 bits per heavy atom. The van der Waals surface area contributed by atoms with Gasteiger partial charge in [0.1, 0.15) is 0 Å². The molecule has 0 fully saturated rings. The predicted molar refractivity (Wildman–Crippen MR) is 251 cm³/mol. The molecule has 0 aliphatic carbocycles. The highest BCUT2D eigenvalue weighted by atomic mass is 32.1. The van der Waals surface area contributed by atoms with Crippen molar-refractivity contribution in [1.29, 1.82) is 0 Å². The summed E-state index contributed by atoms with van der Waals surface area (Å²) in [6.07, 6.45) is 0. The summed E-state index contributed by atoms with van der Waals surface area (Å²) in [6, 6.07) is 82.0. The second-order valence-electron chi connectivity index (χ2n) is 14.9. The van der Waals surface area contributed by atoms with Crippen molar-refractivity contribution in [2.75, 3.05) is 4.90 Å². The third kappa shape index (κ3) is 6.03. The molecule has 0 N–H and O–H groups in total. The first kappa shape index (κ1) is 34.0. The number of hydrogen-bond acceptors (Lipinski definition) is 2. The van der Waals surface area contributed by atoms with Crippen LogP contribution in [0.5, 0.6) is 0 Å². The molecule has 10 aromatic carbocycles. The molecule has 58 heavy (non-hydrogen) atoms. The largest absolute Gasteiger partial charge is 0.310 e. The van der Waals surface area contributed by atoms with Crippen LogP contribution in [0.25, 0.3) is 86.2 Å². The molecule has 1 heterocycles. The van der Waals surface area contributed by atoms with Crippen LogP contribution in [-0.4, -0.2) is 0 Å². The van der Waals surface area contributed by atoms with Gasteiger partial charge in [0, 0.05) is 37.1 Å². The molecular weight excluding hydrogens is 719 g/mol. The average Bonchev–Trinajstić information content (AvgIpc) is 3.69. The molecule has 1 aromatic heterocycles. The summed E-state index contributed by atoms with van der Waals surface area (Å²) in [5, 5.41) is 7.69. The van der Waals surface area contributed by atoms with Crippen LogP contribution in [0.4, 0.5) is 17.1 Å². The SMILES string of the molecule is c1ccc(-c2ccc(N(c3ccc(-c4cccc5c4sc4ccccc45)cc3)c3ccc(-c4ccc5ccc6ccccc6c5c4)cc3-c3ccccc3)cc2)cc1. The Labute approximate surface area is 342 Å². The molecule has 2 heteroatoms. The van der Waals surface area contributed by atoms with Crippen molar-refractivity contribution in [3.8, 4) is 44.5 Å². The molecule has 0 spiro atoms. The van der Waals surface area contributed by atoms with Gasteiger partial charge in [-0.15, -0.1) is 11.3 Å². The summed E-state index contributed by atoms with van der Waals surface area (Å²) in [5.41, 5.74) is 12.9. The van der Waals surface area contributed by atoms with Crippen molar-refractivity contribution in [3.63, 3.8) is 0 Å². The number of benzene rings is 10. The highest BCUT2D eigenvalue weighted by Crippen LogP contribution is 2.45. The molecule has 0 atom stereocenters. The lowest BCUT2D eigenvalue weighted by atomic mass is 9.93. The Bertz CT molecular complexity index is 3250. The van der Waals surface area contributed by atoms with Gasteiger partial charge in [0.05, 0.1) is 5.69 Å². The lowest BCUT2D eigenvalue weighted by molar-refractivity contribution is 1.28. The Kier molecular flexibility index (Phi) is 8.42. The molecule has 272 valence electrons. The van der Waals surface area contributed by atoms with Crippen LogP contribution in [-0.2, 0) is 0 Å². The molecule has 0 amide bonds. The molecule has 0 aliphatic heterocycles. The van der Waals surface area contributed by atoms with Gasteiger partial charge in [0.25, 0.3) is 0 Å². The number of nitrogens with zero attached hydrogens (tertiary/aromatic N) is 1. The molecule has 0 aliphatic rings. The van der Waals surface area contributed by atoms with E-state index in [4.69, 9.17) is 0 Å². The van der Waals surface area contributed by atoms with Crippen molar-refractivity contribution < 1.29 is 0 Å². The fraction of sp³-hybridized carbons (Fsp3) is 0. The van der Waals surface area contributed by atoms with Gasteiger partial charge in [0.2, 0.25) is 0 Å². The lowest BCUT2D eigenvalue weighted by Gasteiger charge is -2.29. The molecule has 0 radical (unpaired) electrons. The standard InChI is InChI=1S/C56H37NS/c1-3-12-38(13-4-1)39-26-31-46(32-27-39)57(47-33-28-42(29-34-47)49-19-11-20-51-50-18-9-10-21-55(50)58-56(49)51)54-35-30-45(37-53(54)40-14-5-2-6-15-40)44-25-24-43-23-22-41-16-7-8-17-48(41)52(43)36-44/h1-37H. The van der Waals surface area contributed by atoms with Gasteiger partial charge < -0.3 is 4.90 Å². The van der Waals surface area contributed by atoms with Gasteiger partial charge in [-0.3, -0.25) is 0 Å². The van der Waals surface area contributed by atoms with Crippen LogP contribution in [0, 0.1) is 0 Å². The van der Waals surface area contributed by atoms with Crippen molar-refractivity contribution in [1.82, 2.24) is 0 Å². The maximum Gasteiger partial charge on any atom is 0.0540 e. The Morgan fingerprint density at radius 3 is 1.57 bits per heavy atom. The van der Waals surface area contributed by atoms with E-state index in [2.05, 4.69) is 229 Å². The van der Waals surface area contributed by atoms with Crippen LogP contribution < -0.4 is 4.90 Å². The van der Waals surface area contributed by atoms with E-state index >= 15 is 0 Å². The minimum absolute atomic E-state index is 1.10. The summed E-state index contributed by atoms with van der Waals surface area (Å²) >= 11 is 1.88. The summed E-state index contributed by atoms with van der Waals surface area (Å²) in [6.45, 7) is 0. The van der Waals surface area contributed by atoms with Crippen LogP contribution in [0.3, 0.4) is 0 Å². The molecule has 0 unspecified atom stereocenters. The van der Waals surface area contributed by atoms with E-state index in [1.807, 2.05) is 11.3 Å². The van der Waals surface area contributed by atoms with Gasteiger partial charge in [-0.05, 0) is 109 Å². The van der Waals surface area contributed by atoms with Crippen LogP contribution in [0.15, 0.2) is 224 Å². The second-order valence-corrected chi connectivity index (χ2v) is 15.9. The average molecular weight is 756 g/mol. The predicted octanol–water partition coefficient (Wildman–Crippen LogP) is 16.5. The zero-order chi connectivity index (χ0) is 38.4. The number of anilines is 3. The van der Waals surface area contributed by atoms with E-state index in [0.717, 1.165) is 17.1 Å². The molecule has 11 rings (SSSR count). The first-order valence-corrected chi connectivity index (χ1v) is 20.6. The van der Waals surface area contributed by atoms with E-state index in [9.17, 15) is 0 Å². The fourth-order valence-corrected chi connectivity index (χ4v) is 9.80. The first-order valence-electron chi connectivity index (χ1n) is 19.8. The van der Waals surface area contributed by atoms with Crippen LogP contribution in [0.1, 0.15) is 0 Å². The van der Waals surface area contributed by atoms with E-state index < -0.39 is 0 Å². The molecule has 0 saturated carbocycles. The Morgan fingerprint density at radius 2 is 0.810 bits per heavy atom. The van der Waals surface area contributed by atoms with E-state index in [0.29, 0.717) is 0 Å². The third-order valence-corrected chi connectivity index (χ3v) is 12.7. The monoisotopic (exact) mass is 755 g/mol. The lowest BCUT2D eigenvalue weighted by Crippen LogP contribution is -2.11. The second kappa shape index (κ2) is 14.4. The first-order chi connectivity index (χ1) is 28.7. The van der Waals surface area contributed by atoms with Gasteiger partial charge in [-0.25, -0.2) is 0 Å². The summed E-state index contributed by atoms with van der Waals surface area (Å²) in [4.78, 5) is 2.42. The molecule has 0 saturated heterocycles. The highest BCUT2D eigenvalue weighted by molar-refractivity contribution is 7.26. The van der Waals surface area contributed by atoms with Gasteiger partial charge in [-0.2, -0.15) is 0 Å². The van der Waals surface area contributed by atoms with Crippen molar-refractivity contribution in [2.24, 2.45) is 0 Å². The van der Waals surface area contributed by atoms with Crippen molar-refractivity contribution in [2.45, 2.75) is 0 Å². The highest BCUT2D eigenvalue weighted by Gasteiger charge is 2.20. The van der Waals surface area contributed by atoms with Crippen LogP contribution in [0.2, 0.25) is 0 Å². The fourth-order valence-electron chi connectivity index (χ4n) is 8.57. The zero-order valence-corrected chi connectivity index (χ0v) is 32.5. The molecule has 11 aromatic rings. The summed E-state index contributed by atoms with van der Waals surface area (Å²) in [7, 11) is 0. The van der Waals surface area contributed by atoms with Crippen molar-refractivity contribution >= 4 is 70.1 Å². The van der Waals surface area contributed by atoms with Gasteiger partial charge >= 0.3 is 0 Å². The van der Waals surface area contributed by atoms with E-state index in [1.165, 1.54) is 86.2 Å². The van der Waals surface area contributed by atoms with Gasteiger partial charge in [-0.1, -0.05) is 176 Å². The summed E-state index contributed by atoms with van der Waals surface area (Å²) in [5.74, 6) is 0. The topological polar surface area (TPSA) is 3.24 Å². The number of rotatable bonds is 7. The third-order valence-electron chi connectivity index (χ3n) is 11.5. The zero-order valence-electron chi connectivity index (χ0n) is 31.7. The van der Waals surface area contributed by atoms with Crippen molar-refractivity contribution in [3.05, 3.63) is 224 Å².